The molecule has 1 saturated carbocycles. The van der Waals surface area contributed by atoms with Gasteiger partial charge in [-0.15, -0.1) is 0 Å². The SMILES string of the molecule is C[C@H](OC(=O)c1ccc(CCNS(C)(=O)=O)cc1)C(=O)NC1CC1. The molecule has 0 unspecified atom stereocenters. The highest BCUT2D eigenvalue weighted by molar-refractivity contribution is 7.88. The maximum atomic E-state index is 12.0. The van der Waals surface area contributed by atoms with Crippen LogP contribution < -0.4 is 10.0 Å². The molecular formula is C16H22N2O5S. The topological polar surface area (TPSA) is 102 Å². The monoisotopic (exact) mass is 354 g/mol. The zero-order valence-corrected chi connectivity index (χ0v) is 14.6. The van der Waals surface area contributed by atoms with Crippen molar-refractivity contribution < 1.29 is 22.7 Å². The molecule has 0 aromatic heterocycles. The molecule has 0 aliphatic heterocycles. The van der Waals surface area contributed by atoms with Gasteiger partial charge in [0.1, 0.15) is 0 Å². The van der Waals surface area contributed by atoms with E-state index < -0.39 is 22.1 Å². The summed E-state index contributed by atoms with van der Waals surface area (Å²) in [6.45, 7) is 1.84. The summed E-state index contributed by atoms with van der Waals surface area (Å²) in [7, 11) is -3.20. The molecule has 1 fully saturated rings. The van der Waals surface area contributed by atoms with Crippen LogP contribution in [0.2, 0.25) is 0 Å². The molecule has 8 heteroatoms. The second-order valence-electron chi connectivity index (χ2n) is 5.94. The minimum Gasteiger partial charge on any atom is -0.449 e. The van der Waals surface area contributed by atoms with Crippen LogP contribution in [0.25, 0.3) is 0 Å². The van der Waals surface area contributed by atoms with Gasteiger partial charge in [-0.25, -0.2) is 17.9 Å². The van der Waals surface area contributed by atoms with Crippen LogP contribution in [0.5, 0.6) is 0 Å². The third-order valence-electron chi connectivity index (χ3n) is 3.54. The number of sulfonamides is 1. The summed E-state index contributed by atoms with van der Waals surface area (Å²) >= 11 is 0. The quantitative estimate of drug-likeness (QED) is 0.666. The highest BCUT2D eigenvalue weighted by Gasteiger charge is 2.27. The van der Waals surface area contributed by atoms with Gasteiger partial charge < -0.3 is 10.1 Å². The van der Waals surface area contributed by atoms with Gasteiger partial charge in [0.05, 0.1) is 11.8 Å². The maximum absolute atomic E-state index is 12.0. The molecule has 1 aromatic carbocycles. The van der Waals surface area contributed by atoms with E-state index in [9.17, 15) is 18.0 Å². The Hall–Kier alpha value is -1.93. The van der Waals surface area contributed by atoms with Crippen molar-refractivity contribution in [3.8, 4) is 0 Å². The first-order valence-electron chi connectivity index (χ1n) is 7.79. The van der Waals surface area contributed by atoms with E-state index in [1.165, 1.54) is 0 Å². The summed E-state index contributed by atoms with van der Waals surface area (Å²) in [5.74, 6) is -0.844. The van der Waals surface area contributed by atoms with E-state index >= 15 is 0 Å². The Balaban J connectivity index is 1.82. The number of hydrogen-bond acceptors (Lipinski definition) is 5. The predicted octanol–water partition coefficient (Wildman–Crippen LogP) is 0.602. The minimum atomic E-state index is -3.20. The molecule has 0 radical (unpaired) electrons. The first-order valence-corrected chi connectivity index (χ1v) is 9.68. The van der Waals surface area contributed by atoms with Crippen molar-refractivity contribution in [2.75, 3.05) is 12.8 Å². The number of nitrogens with one attached hydrogen (secondary N) is 2. The summed E-state index contributed by atoms with van der Waals surface area (Å²) < 4.78 is 29.5. The Bertz CT molecular complexity index is 696. The van der Waals surface area contributed by atoms with Crippen molar-refractivity contribution in [1.82, 2.24) is 10.0 Å². The highest BCUT2D eigenvalue weighted by Crippen LogP contribution is 2.19. The zero-order chi connectivity index (χ0) is 17.7. The van der Waals surface area contributed by atoms with Gasteiger partial charge in [0, 0.05) is 12.6 Å². The molecule has 0 heterocycles. The molecule has 1 atom stereocenters. The fraction of sp³-hybridized carbons (Fsp3) is 0.500. The lowest BCUT2D eigenvalue weighted by Crippen LogP contribution is -2.37. The Morgan fingerprint density at radius 2 is 1.88 bits per heavy atom. The molecular weight excluding hydrogens is 332 g/mol. The minimum absolute atomic E-state index is 0.221. The Morgan fingerprint density at radius 3 is 2.42 bits per heavy atom. The van der Waals surface area contributed by atoms with Crippen molar-refractivity contribution in [1.29, 1.82) is 0 Å². The number of carbonyl (C=O) groups is 2. The summed E-state index contributed by atoms with van der Waals surface area (Å²) in [5, 5.41) is 2.78. The first kappa shape index (κ1) is 18.4. The number of esters is 1. The first-order chi connectivity index (χ1) is 11.2. The lowest BCUT2D eigenvalue weighted by Gasteiger charge is -2.13. The van der Waals surface area contributed by atoms with E-state index in [0.29, 0.717) is 18.5 Å². The molecule has 0 saturated heterocycles. The Morgan fingerprint density at radius 1 is 1.25 bits per heavy atom. The smallest absolute Gasteiger partial charge is 0.338 e. The van der Waals surface area contributed by atoms with Gasteiger partial charge in [-0.1, -0.05) is 12.1 Å². The third-order valence-corrected chi connectivity index (χ3v) is 4.27. The van der Waals surface area contributed by atoms with Gasteiger partial charge in [-0.05, 0) is 43.9 Å². The average Bonchev–Trinajstić information content (AvgIpc) is 3.30. The van der Waals surface area contributed by atoms with Gasteiger partial charge in [0.2, 0.25) is 10.0 Å². The molecule has 1 amide bonds. The lowest BCUT2D eigenvalue weighted by molar-refractivity contribution is -0.129. The van der Waals surface area contributed by atoms with Crippen molar-refractivity contribution in [3.05, 3.63) is 35.4 Å². The average molecular weight is 354 g/mol. The lowest BCUT2D eigenvalue weighted by atomic mass is 10.1. The standard InChI is InChI=1S/C16H22N2O5S/c1-11(15(19)18-14-7-8-14)23-16(20)13-5-3-12(4-6-13)9-10-17-24(2,21)22/h3-6,11,14,17H,7-10H2,1-2H3,(H,18,19)/t11-/m0/s1. The second-order valence-corrected chi connectivity index (χ2v) is 7.78. The van der Waals surface area contributed by atoms with E-state index in [0.717, 1.165) is 24.7 Å². The zero-order valence-electron chi connectivity index (χ0n) is 13.7. The predicted molar refractivity (Wildman–Crippen MR) is 89.0 cm³/mol. The van der Waals surface area contributed by atoms with Crippen LogP contribution in [-0.2, 0) is 26.0 Å². The van der Waals surface area contributed by atoms with Crippen molar-refractivity contribution in [2.45, 2.75) is 38.3 Å². The van der Waals surface area contributed by atoms with Gasteiger partial charge in [-0.2, -0.15) is 0 Å². The van der Waals surface area contributed by atoms with Gasteiger partial charge in [0.25, 0.3) is 5.91 Å². The fourth-order valence-corrected chi connectivity index (χ4v) is 2.49. The van der Waals surface area contributed by atoms with Crippen LogP contribution in [0.3, 0.4) is 0 Å². The third kappa shape index (κ3) is 6.29. The molecule has 0 bridgehead atoms. The molecule has 1 aliphatic rings. The van der Waals surface area contributed by atoms with Gasteiger partial charge >= 0.3 is 5.97 Å². The Labute approximate surface area is 141 Å². The number of benzene rings is 1. The fourth-order valence-electron chi connectivity index (χ4n) is 2.02. The molecule has 132 valence electrons. The van der Waals surface area contributed by atoms with Crippen molar-refractivity contribution in [2.24, 2.45) is 0 Å². The van der Waals surface area contributed by atoms with Gasteiger partial charge in [0.15, 0.2) is 6.10 Å². The van der Waals surface area contributed by atoms with Crippen LogP contribution in [0, 0.1) is 0 Å². The molecule has 2 N–H and O–H groups in total. The second kappa shape index (κ2) is 7.76. The number of hydrogen-bond donors (Lipinski definition) is 2. The highest BCUT2D eigenvalue weighted by atomic mass is 32.2. The van der Waals surface area contributed by atoms with E-state index in [-0.39, 0.29) is 11.9 Å². The maximum Gasteiger partial charge on any atom is 0.338 e. The molecule has 24 heavy (non-hydrogen) atoms. The summed E-state index contributed by atoms with van der Waals surface area (Å²) in [6, 6.07) is 6.89. The summed E-state index contributed by atoms with van der Waals surface area (Å²) in [5.41, 5.74) is 1.24. The van der Waals surface area contributed by atoms with Crippen LogP contribution in [0.15, 0.2) is 24.3 Å². The Kier molecular flexibility index (Phi) is 5.95. The number of amides is 1. The van der Waals surface area contributed by atoms with Gasteiger partial charge in [-0.3, -0.25) is 4.79 Å². The normalized spacial score (nSPS) is 15.6. The molecule has 7 nitrogen and oxygen atoms in total. The van der Waals surface area contributed by atoms with Crippen LogP contribution in [-0.4, -0.2) is 45.2 Å². The summed E-state index contributed by atoms with van der Waals surface area (Å²) in [4.78, 5) is 23.8. The van der Waals surface area contributed by atoms with E-state index in [1.54, 1.807) is 31.2 Å². The van der Waals surface area contributed by atoms with E-state index in [2.05, 4.69) is 10.0 Å². The number of carbonyl (C=O) groups excluding carboxylic acids is 2. The molecule has 1 aliphatic carbocycles. The number of rotatable bonds is 8. The van der Waals surface area contributed by atoms with E-state index in [4.69, 9.17) is 4.74 Å². The molecule has 0 spiro atoms. The van der Waals surface area contributed by atoms with Crippen LogP contribution in [0.4, 0.5) is 0 Å². The number of ether oxygens (including phenoxy) is 1. The van der Waals surface area contributed by atoms with Crippen LogP contribution >= 0.6 is 0 Å². The molecule has 2 rings (SSSR count). The molecule has 1 aromatic rings. The van der Waals surface area contributed by atoms with Crippen molar-refractivity contribution >= 4 is 21.9 Å². The van der Waals surface area contributed by atoms with E-state index in [1.807, 2.05) is 0 Å². The van der Waals surface area contributed by atoms with Crippen molar-refractivity contribution in [3.63, 3.8) is 0 Å². The van der Waals surface area contributed by atoms with Crippen LogP contribution in [0.1, 0.15) is 35.7 Å². The summed E-state index contributed by atoms with van der Waals surface area (Å²) in [6.07, 6.45) is 2.73. The largest absolute Gasteiger partial charge is 0.449 e.